The molecular weight excluding hydrogens is 368 g/mol. The summed E-state index contributed by atoms with van der Waals surface area (Å²) in [5, 5.41) is 9.73. The molecule has 1 aromatic heterocycles. The number of hydrogen-bond acceptors (Lipinski definition) is 4. The summed E-state index contributed by atoms with van der Waals surface area (Å²) in [4.78, 5) is 14.9. The molecule has 0 unspecified atom stereocenters. The van der Waals surface area contributed by atoms with Gasteiger partial charge < -0.3 is 9.47 Å². The highest BCUT2D eigenvalue weighted by Crippen LogP contribution is 2.26. The molecule has 1 aromatic carbocycles. The smallest absolute Gasteiger partial charge is 0.233 e. The molecule has 3 rings (SSSR count). The molecule has 5 nitrogen and oxygen atoms in total. The Bertz CT molecular complexity index is 764. The lowest BCUT2D eigenvalue weighted by molar-refractivity contribution is -0.134. The molecule has 2 aromatic rings. The van der Waals surface area contributed by atoms with Gasteiger partial charge in [-0.1, -0.05) is 55.9 Å². The van der Waals surface area contributed by atoms with Gasteiger partial charge in [0.15, 0.2) is 5.16 Å². The third-order valence-corrected chi connectivity index (χ3v) is 6.30. The van der Waals surface area contributed by atoms with Crippen molar-refractivity contribution in [3.05, 3.63) is 41.7 Å². The van der Waals surface area contributed by atoms with Crippen LogP contribution in [0.4, 0.5) is 0 Å². The molecule has 152 valence electrons. The molecule has 0 radical (unpaired) electrons. The Morgan fingerprint density at radius 1 is 1.14 bits per heavy atom. The van der Waals surface area contributed by atoms with Gasteiger partial charge in [-0.25, -0.2) is 0 Å². The normalized spacial score (nSPS) is 20.0. The number of carbonyl (C=O) groups is 1. The third-order valence-electron chi connectivity index (χ3n) is 5.35. The lowest BCUT2D eigenvalue weighted by Gasteiger charge is -2.39. The number of hydrogen-bond donors (Lipinski definition) is 0. The van der Waals surface area contributed by atoms with Crippen LogP contribution in [0.1, 0.15) is 58.3 Å². The van der Waals surface area contributed by atoms with Crippen molar-refractivity contribution in [1.82, 2.24) is 19.7 Å². The average Bonchev–Trinajstić information content (AvgIpc) is 3.01. The summed E-state index contributed by atoms with van der Waals surface area (Å²) in [7, 11) is 0. The predicted octanol–water partition coefficient (Wildman–Crippen LogP) is 4.41. The van der Waals surface area contributed by atoms with Crippen molar-refractivity contribution in [2.75, 3.05) is 5.75 Å². The first-order valence-electron chi connectivity index (χ1n) is 10.4. The van der Waals surface area contributed by atoms with Gasteiger partial charge in [-0.05, 0) is 44.6 Å². The first kappa shape index (κ1) is 20.9. The predicted molar refractivity (Wildman–Crippen MR) is 114 cm³/mol. The Hall–Kier alpha value is -1.82. The van der Waals surface area contributed by atoms with E-state index in [1.54, 1.807) is 0 Å². The quantitative estimate of drug-likeness (QED) is 0.646. The minimum atomic E-state index is 0.216. The first-order chi connectivity index (χ1) is 13.5. The van der Waals surface area contributed by atoms with E-state index in [2.05, 4.69) is 59.5 Å². The second-order valence-electron chi connectivity index (χ2n) is 8.28. The van der Waals surface area contributed by atoms with Crippen molar-refractivity contribution in [2.24, 2.45) is 5.92 Å². The van der Waals surface area contributed by atoms with Crippen LogP contribution in [0.3, 0.4) is 0 Å². The van der Waals surface area contributed by atoms with E-state index in [0.29, 0.717) is 23.8 Å². The summed E-state index contributed by atoms with van der Waals surface area (Å²) in [6.45, 7) is 9.59. The molecule has 1 aliphatic heterocycles. The molecule has 0 aliphatic carbocycles. The van der Waals surface area contributed by atoms with E-state index in [4.69, 9.17) is 0 Å². The summed E-state index contributed by atoms with van der Waals surface area (Å²) in [6.07, 6.45) is 4.18. The van der Waals surface area contributed by atoms with Crippen molar-refractivity contribution in [3.8, 4) is 0 Å². The van der Waals surface area contributed by atoms with E-state index in [1.807, 2.05) is 18.2 Å². The Labute approximate surface area is 172 Å². The number of aromatic nitrogens is 3. The van der Waals surface area contributed by atoms with Crippen LogP contribution in [0.15, 0.2) is 35.5 Å². The molecule has 2 atom stereocenters. The van der Waals surface area contributed by atoms with Crippen LogP contribution >= 0.6 is 11.8 Å². The largest absolute Gasteiger partial charge is 0.337 e. The molecule has 0 saturated carbocycles. The first-order valence-corrected chi connectivity index (χ1v) is 11.3. The van der Waals surface area contributed by atoms with Gasteiger partial charge in [0, 0.05) is 25.0 Å². The molecule has 1 fully saturated rings. The SMILES string of the molecule is CC(C)Cn1c(Cc2ccccc2)nnc1SCC(=O)N1[C@H](C)CCC[C@@H]1C. The van der Waals surface area contributed by atoms with E-state index in [-0.39, 0.29) is 5.91 Å². The fraction of sp³-hybridized carbons (Fsp3) is 0.591. The molecule has 2 heterocycles. The highest BCUT2D eigenvalue weighted by atomic mass is 32.2. The summed E-state index contributed by atoms with van der Waals surface area (Å²) in [5.41, 5.74) is 1.23. The zero-order chi connectivity index (χ0) is 20.1. The van der Waals surface area contributed by atoms with E-state index in [0.717, 1.165) is 36.8 Å². The van der Waals surface area contributed by atoms with Crippen LogP contribution in [0.25, 0.3) is 0 Å². The molecule has 1 saturated heterocycles. The number of rotatable bonds is 7. The summed E-state index contributed by atoms with van der Waals surface area (Å²) < 4.78 is 2.19. The van der Waals surface area contributed by atoms with Crippen LogP contribution in [-0.4, -0.2) is 43.4 Å². The van der Waals surface area contributed by atoms with Gasteiger partial charge in [-0.2, -0.15) is 0 Å². The van der Waals surface area contributed by atoms with Crippen LogP contribution in [0, 0.1) is 5.92 Å². The average molecular weight is 401 g/mol. The minimum Gasteiger partial charge on any atom is -0.337 e. The molecule has 0 bridgehead atoms. The Morgan fingerprint density at radius 2 is 1.82 bits per heavy atom. The van der Waals surface area contributed by atoms with E-state index < -0.39 is 0 Å². The zero-order valence-electron chi connectivity index (χ0n) is 17.5. The van der Waals surface area contributed by atoms with Crippen LogP contribution in [-0.2, 0) is 17.8 Å². The van der Waals surface area contributed by atoms with Gasteiger partial charge in [0.2, 0.25) is 5.91 Å². The number of benzene rings is 1. The van der Waals surface area contributed by atoms with Gasteiger partial charge in [-0.3, -0.25) is 4.79 Å². The van der Waals surface area contributed by atoms with E-state index in [1.165, 1.54) is 23.7 Å². The monoisotopic (exact) mass is 400 g/mol. The second-order valence-corrected chi connectivity index (χ2v) is 9.23. The van der Waals surface area contributed by atoms with Crippen LogP contribution in [0.2, 0.25) is 0 Å². The summed E-state index contributed by atoms with van der Waals surface area (Å²) >= 11 is 1.52. The van der Waals surface area contributed by atoms with Gasteiger partial charge in [-0.15, -0.1) is 10.2 Å². The van der Waals surface area contributed by atoms with Gasteiger partial charge in [0.1, 0.15) is 5.82 Å². The van der Waals surface area contributed by atoms with Crippen molar-refractivity contribution in [3.63, 3.8) is 0 Å². The molecule has 0 N–H and O–H groups in total. The third kappa shape index (κ3) is 5.16. The zero-order valence-corrected chi connectivity index (χ0v) is 18.3. The van der Waals surface area contributed by atoms with Crippen molar-refractivity contribution >= 4 is 17.7 Å². The highest BCUT2D eigenvalue weighted by molar-refractivity contribution is 7.99. The topological polar surface area (TPSA) is 51.0 Å². The summed E-state index contributed by atoms with van der Waals surface area (Å²) in [6, 6.07) is 11.0. The molecule has 1 amide bonds. The Balaban J connectivity index is 1.71. The van der Waals surface area contributed by atoms with E-state index >= 15 is 0 Å². The van der Waals surface area contributed by atoms with Crippen LogP contribution in [0.5, 0.6) is 0 Å². The van der Waals surface area contributed by atoms with Gasteiger partial charge >= 0.3 is 0 Å². The lowest BCUT2D eigenvalue weighted by Crippen LogP contribution is -2.48. The number of thioether (sulfide) groups is 1. The maximum atomic E-state index is 12.9. The Morgan fingerprint density at radius 3 is 2.46 bits per heavy atom. The highest BCUT2D eigenvalue weighted by Gasteiger charge is 2.29. The lowest BCUT2D eigenvalue weighted by atomic mass is 9.98. The standard InChI is InChI=1S/C22H32N4OS/c1-16(2)14-25-20(13-19-11-6-5-7-12-19)23-24-22(25)28-15-21(27)26-17(3)9-8-10-18(26)4/h5-7,11-12,16-18H,8-10,13-15H2,1-4H3/t17-,18+. The number of nitrogens with zero attached hydrogens (tertiary/aromatic N) is 4. The molecule has 28 heavy (non-hydrogen) atoms. The van der Waals surface area contributed by atoms with Crippen molar-refractivity contribution < 1.29 is 4.79 Å². The number of likely N-dealkylation sites (tertiary alicyclic amines) is 1. The van der Waals surface area contributed by atoms with Crippen molar-refractivity contribution in [1.29, 1.82) is 0 Å². The fourth-order valence-corrected chi connectivity index (χ4v) is 4.83. The minimum absolute atomic E-state index is 0.216. The molecular formula is C22H32N4OS. The number of piperidine rings is 1. The second kappa shape index (κ2) is 9.59. The van der Waals surface area contributed by atoms with Crippen molar-refractivity contribution in [2.45, 2.75) is 77.2 Å². The number of amides is 1. The fourth-order valence-electron chi connectivity index (χ4n) is 4.00. The molecule has 1 aliphatic rings. The Kier molecular flexibility index (Phi) is 7.16. The van der Waals surface area contributed by atoms with Gasteiger partial charge in [0.05, 0.1) is 5.75 Å². The number of carbonyl (C=O) groups excluding carboxylic acids is 1. The van der Waals surface area contributed by atoms with Gasteiger partial charge in [0.25, 0.3) is 0 Å². The summed E-state index contributed by atoms with van der Waals surface area (Å²) in [5.74, 6) is 2.10. The van der Waals surface area contributed by atoms with Crippen LogP contribution < -0.4 is 0 Å². The maximum Gasteiger partial charge on any atom is 0.233 e. The molecule has 6 heteroatoms. The molecule has 0 spiro atoms. The maximum absolute atomic E-state index is 12.9. The van der Waals surface area contributed by atoms with E-state index in [9.17, 15) is 4.79 Å².